The first kappa shape index (κ1) is 8.83. The maximum Gasteiger partial charge on any atom is 0.00112 e. The third-order valence-corrected chi connectivity index (χ3v) is 4.69. The van der Waals surface area contributed by atoms with E-state index in [4.69, 9.17) is 0 Å². The van der Waals surface area contributed by atoms with Crippen LogP contribution in [0.25, 0.3) is 0 Å². The zero-order valence-corrected chi connectivity index (χ0v) is 8.49. The smallest absolute Gasteiger partial charge is 0.00112 e. The Labute approximate surface area is 80.7 Å². The number of hydrogen-bond donors (Lipinski definition) is 1. The monoisotopic (exact) mass is 187 g/mol. The molecule has 1 N–H and O–H groups in total. The Balaban J connectivity index is 0.000000563. The quantitative estimate of drug-likeness (QED) is 0.613. The van der Waals surface area contributed by atoms with Crippen molar-refractivity contribution in [1.29, 1.82) is 0 Å². The Hall–Kier alpha value is 0.250. The summed E-state index contributed by atoms with van der Waals surface area (Å²) in [7, 11) is 0. The number of rotatable bonds is 0. The van der Waals surface area contributed by atoms with Crippen molar-refractivity contribution in [2.24, 2.45) is 23.2 Å². The molecule has 0 aromatic heterocycles. The highest BCUT2D eigenvalue weighted by atomic mass is 35.5. The van der Waals surface area contributed by atoms with Gasteiger partial charge in [0.25, 0.3) is 0 Å². The molecule has 3 aliphatic rings. The molecule has 3 fully saturated rings. The van der Waals surface area contributed by atoms with Crippen LogP contribution in [-0.4, -0.2) is 13.1 Å². The lowest BCUT2D eigenvalue weighted by molar-refractivity contribution is 0.156. The summed E-state index contributed by atoms with van der Waals surface area (Å²) in [5.41, 5.74) is 0.711. The van der Waals surface area contributed by atoms with E-state index in [1.807, 2.05) is 0 Å². The van der Waals surface area contributed by atoms with Crippen molar-refractivity contribution < 1.29 is 0 Å². The Bertz CT molecular complexity index is 194. The first-order chi connectivity index (χ1) is 5.31. The van der Waals surface area contributed by atoms with Gasteiger partial charge in [0, 0.05) is 6.54 Å². The van der Waals surface area contributed by atoms with Crippen LogP contribution >= 0.6 is 12.4 Å². The van der Waals surface area contributed by atoms with Crippen molar-refractivity contribution in [1.82, 2.24) is 5.32 Å². The Morgan fingerprint density at radius 2 is 2.17 bits per heavy atom. The van der Waals surface area contributed by atoms with Crippen molar-refractivity contribution in [2.45, 2.75) is 26.2 Å². The Morgan fingerprint density at radius 1 is 1.33 bits per heavy atom. The molecule has 70 valence electrons. The summed E-state index contributed by atoms with van der Waals surface area (Å²) in [5, 5.41) is 3.57. The van der Waals surface area contributed by atoms with Gasteiger partial charge in [-0.05, 0) is 49.0 Å². The van der Waals surface area contributed by atoms with E-state index < -0.39 is 0 Å². The van der Waals surface area contributed by atoms with Crippen LogP contribution in [0.4, 0.5) is 0 Å². The largest absolute Gasteiger partial charge is 0.316 e. The van der Waals surface area contributed by atoms with Crippen molar-refractivity contribution >= 4 is 12.4 Å². The van der Waals surface area contributed by atoms with Crippen LogP contribution < -0.4 is 5.32 Å². The molecule has 1 aliphatic heterocycles. The molecule has 0 amide bonds. The molecule has 2 aliphatic carbocycles. The van der Waals surface area contributed by atoms with E-state index in [2.05, 4.69) is 12.2 Å². The van der Waals surface area contributed by atoms with Crippen molar-refractivity contribution in [2.75, 3.05) is 13.1 Å². The highest BCUT2D eigenvalue weighted by Gasteiger charge is 2.56. The lowest BCUT2D eigenvalue weighted by Crippen LogP contribution is -2.32. The molecule has 0 aromatic rings. The predicted molar refractivity (Wildman–Crippen MR) is 52.5 cm³/mol. The van der Waals surface area contributed by atoms with Gasteiger partial charge in [-0.15, -0.1) is 12.4 Å². The van der Waals surface area contributed by atoms with Gasteiger partial charge in [-0.3, -0.25) is 0 Å². The molecule has 4 atom stereocenters. The van der Waals surface area contributed by atoms with Crippen LogP contribution in [-0.2, 0) is 0 Å². The van der Waals surface area contributed by atoms with Gasteiger partial charge in [0.2, 0.25) is 0 Å². The number of nitrogens with one attached hydrogen (secondary N) is 1. The molecule has 1 heterocycles. The second kappa shape index (κ2) is 2.62. The number of hydrogen-bond acceptors (Lipinski definition) is 1. The van der Waals surface area contributed by atoms with Gasteiger partial charge in [0.05, 0.1) is 0 Å². The van der Waals surface area contributed by atoms with Gasteiger partial charge in [0.1, 0.15) is 0 Å². The minimum Gasteiger partial charge on any atom is -0.316 e. The SMILES string of the molecule is CC12CNCC1C1CCC2C1.Cl. The topological polar surface area (TPSA) is 12.0 Å². The average Bonchev–Trinajstić information content (AvgIpc) is 2.54. The second-order valence-corrected chi connectivity index (χ2v) is 5.01. The molecule has 1 nitrogen and oxygen atoms in total. The number of fused-ring (bicyclic) bond motifs is 5. The fraction of sp³-hybridized carbons (Fsp3) is 1.00. The first-order valence-corrected chi connectivity index (χ1v) is 5.01. The fourth-order valence-electron chi connectivity index (χ4n) is 3.99. The van der Waals surface area contributed by atoms with E-state index in [9.17, 15) is 0 Å². The van der Waals surface area contributed by atoms with Crippen LogP contribution in [0.2, 0.25) is 0 Å². The Morgan fingerprint density at radius 3 is 2.92 bits per heavy atom. The number of halogens is 1. The molecular formula is C10H18ClN. The lowest BCUT2D eigenvalue weighted by atomic mass is 9.70. The standard InChI is InChI=1S/C10H17N.ClH/c1-10-6-11-5-9(10)7-2-3-8(10)4-7;/h7-9,11H,2-6H2,1H3;1H. The van der Waals surface area contributed by atoms with E-state index in [0.29, 0.717) is 5.41 Å². The van der Waals surface area contributed by atoms with Crippen LogP contribution in [0.5, 0.6) is 0 Å². The van der Waals surface area contributed by atoms with Crippen molar-refractivity contribution in [3.05, 3.63) is 0 Å². The lowest BCUT2D eigenvalue weighted by Gasteiger charge is -2.34. The predicted octanol–water partition coefficient (Wildman–Crippen LogP) is 2.06. The molecule has 0 aromatic carbocycles. The van der Waals surface area contributed by atoms with Gasteiger partial charge in [-0.1, -0.05) is 6.92 Å². The minimum absolute atomic E-state index is 0. The van der Waals surface area contributed by atoms with Gasteiger partial charge in [-0.2, -0.15) is 0 Å². The summed E-state index contributed by atoms with van der Waals surface area (Å²) < 4.78 is 0. The second-order valence-electron chi connectivity index (χ2n) is 5.01. The maximum atomic E-state index is 3.57. The van der Waals surface area contributed by atoms with E-state index in [0.717, 1.165) is 17.8 Å². The van der Waals surface area contributed by atoms with Crippen LogP contribution in [0.15, 0.2) is 0 Å². The summed E-state index contributed by atoms with van der Waals surface area (Å²) in [4.78, 5) is 0. The normalized spacial score (nSPS) is 55.2. The molecule has 0 radical (unpaired) electrons. The molecule has 1 saturated heterocycles. The summed E-state index contributed by atoms with van der Waals surface area (Å²) in [6.07, 6.45) is 4.62. The maximum absolute atomic E-state index is 3.57. The summed E-state index contributed by atoms with van der Waals surface area (Å²) in [5.74, 6) is 3.22. The van der Waals surface area contributed by atoms with E-state index in [-0.39, 0.29) is 12.4 Å². The average molecular weight is 188 g/mol. The van der Waals surface area contributed by atoms with Crippen LogP contribution in [0, 0.1) is 23.2 Å². The van der Waals surface area contributed by atoms with Crippen molar-refractivity contribution in [3.8, 4) is 0 Å². The first-order valence-electron chi connectivity index (χ1n) is 5.01. The zero-order valence-electron chi connectivity index (χ0n) is 7.68. The van der Waals surface area contributed by atoms with Crippen molar-refractivity contribution in [3.63, 3.8) is 0 Å². The molecule has 0 spiro atoms. The zero-order chi connectivity index (χ0) is 7.47. The van der Waals surface area contributed by atoms with E-state index >= 15 is 0 Å². The fourth-order valence-corrected chi connectivity index (χ4v) is 3.99. The summed E-state index contributed by atoms with van der Waals surface area (Å²) >= 11 is 0. The molecule has 3 rings (SSSR count). The molecule has 2 saturated carbocycles. The third kappa shape index (κ3) is 0.843. The molecule has 4 unspecified atom stereocenters. The van der Waals surface area contributed by atoms with Gasteiger partial charge >= 0.3 is 0 Å². The highest BCUT2D eigenvalue weighted by molar-refractivity contribution is 5.85. The van der Waals surface area contributed by atoms with E-state index in [1.165, 1.54) is 25.9 Å². The highest BCUT2D eigenvalue weighted by Crippen LogP contribution is 2.60. The minimum atomic E-state index is 0. The van der Waals surface area contributed by atoms with Crippen LogP contribution in [0.3, 0.4) is 0 Å². The van der Waals surface area contributed by atoms with Crippen LogP contribution in [0.1, 0.15) is 26.2 Å². The third-order valence-electron chi connectivity index (χ3n) is 4.69. The molecule has 12 heavy (non-hydrogen) atoms. The molecule has 2 bridgehead atoms. The van der Waals surface area contributed by atoms with Gasteiger partial charge in [-0.25, -0.2) is 0 Å². The molecule has 2 heteroatoms. The van der Waals surface area contributed by atoms with Gasteiger partial charge in [0.15, 0.2) is 0 Å². The summed E-state index contributed by atoms with van der Waals surface area (Å²) in [6, 6.07) is 0. The summed E-state index contributed by atoms with van der Waals surface area (Å²) in [6.45, 7) is 5.14. The molecular weight excluding hydrogens is 170 g/mol. The van der Waals surface area contributed by atoms with Gasteiger partial charge < -0.3 is 5.32 Å². The van der Waals surface area contributed by atoms with E-state index in [1.54, 1.807) is 6.42 Å². The Kier molecular flexibility index (Phi) is 1.93.